The first kappa shape index (κ1) is 16.1. The Bertz CT molecular complexity index is 661. The molecule has 3 rings (SSSR count). The Balaban J connectivity index is 1.55. The second-order valence-corrected chi connectivity index (χ2v) is 6.69. The van der Waals surface area contributed by atoms with Crippen molar-refractivity contribution >= 4 is 16.3 Å². The molecule has 0 aromatic carbocycles. The number of aliphatic hydroxyl groups is 1. The van der Waals surface area contributed by atoms with Crippen LogP contribution in [0.4, 0.5) is 5.00 Å². The lowest BCUT2D eigenvalue weighted by Crippen LogP contribution is -2.33. The standard InChI is InChI=1S/C15H20N4O3S/c20-8-7-18-14(1-4-16-18)13-2-5-17(6-3-13)10-12-9-15(19(21)22)23-11-12/h1,4,9,11,13,20H,2-3,5-8,10H2. The van der Waals surface area contributed by atoms with Gasteiger partial charge >= 0.3 is 5.00 Å². The van der Waals surface area contributed by atoms with Gasteiger partial charge in [0.1, 0.15) is 0 Å². The Labute approximate surface area is 138 Å². The first-order chi connectivity index (χ1) is 11.2. The van der Waals surface area contributed by atoms with E-state index in [1.54, 1.807) is 12.3 Å². The number of hydrogen-bond acceptors (Lipinski definition) is 6. The fourth-order valence-corrected chi connectivity index (χ4v) is 3.88. The van der Waals surface area contributed by atoms with Gasteiger partial charge in [0.2, 0.25) is 0 Å². The number of likely N-dealkylation sites (tertiary alicyclic amines) is 1. The van der Waals surface area contributed by atoms with Gasteiger partial charge in [0.15, 0.2) is 0 Å². The highest BCUT2D eigenvalue weighted by Gasteiger charge is 2.23. The van der Waals surface area contributed by atoms with Crippen LogP contribution < -0.4 is 0 Å². The van der Waals surface area contributed by atoms with Gasteiger partial charge in [-0.3, -0.25) is 19.7 Å². The summed E-state index contributed by atoms with van der Waals surface area (Å²) in [7, 11) is 0. The summed E-state index contributed by atoms with van der Waals surface area (Å²) in [5.74, 6) is 0.470. The summed E-state index contributed by atoms with van der Waals surface area (Å²) >= 11 is 1.19. The van der Waals surface area contributed by atoms with Crippen molar-refractivity contribution in [2.24, 2.45) is 0 Å². The normalized spacial score (nSPS) is 16.7. The maximum absolute atomic E-state index is 10.7. The minimum atomic E-state index is -0.331. The molecule has 0 atom stereocenters. The number of rotatable bonds is 6. The summed E-state index contributed by atoms with van der Waals surface area (Å²) in [6, 6.07) is 3.71. The SMILES string of the molecule is O=[N+]([O-])c1cc(CN2CCC(c3ccnn3CCO)CC2)cs1. The first-order valence-electron chi connectivity index (χ1n) is 7.74. The van der Waals surface area contributed by atoms with E-state index in [1.807, 2.05) is 16.1 Å². The van der Waals surface area contributed by atoms with Crippen molar-refractivity contribution < 1.29 is 10.0 Å². The summed E-state index contributed by atoms with van der Waals surface area (Å²) < 4.78 is 1.89. The van der Waals surface area contributed by atoms with Gasteiger partial charge in [-0.2, -0.15) is 5.10 Å². The highest BCUT2D eigenvalue weighted by Crippen LogP contribution is 2.30. The van der Waals surface area contributed by atoms with E-state index in [-0.39, 0.29) is 16.5 Å². The van der Waals surface area contributed by atoms with Gasteiger partial charge in [-0.1, -0.05) is 11.3 Å². The minimum Gasteiger partial charge on any atom is -0.394 e. The largest absolute Gasteiger partial charge is 0.394 e. The molecular formula is C15H20N4O3S. The summed E-state index contributed by atoms with van der Waals surface area (Å²) in [5, 5.41) is 26.2. The molecule has 0 bridgehead atoms. The molecule has 1 aliphatic rings. The van der Waals surface area contributed by atoms with E-state index in [0.717, 1.165) is 38.0 Å². The summed E-state index contributed by atoms with van der Waals surface area (Å²) in [6.45, 7) is 3.36. The molecule has 0 saturated carbocycles. The fourth-order valence-electron chi connectivity index (χ4n) is 3.16. The molecule has 2 aromatic rings. The zero-order valence-electron chi connectivity index (χ0n) is 12.8. The maximum atomic E-state index is 10.7. The third-order valence-corrected chi connectivity index (χ3v) is 5.22. The predicted octanol–water partition coefficient (Wildman–Crippen LogP) is 2.22. The average molecular weight is 336 g/mol. The zero-order chi connectivity index (χ0) is 16.2. The van der Waals surface area contributed by atoms with E-state index >= 15 is 0 Å². The lowest BCUT2D eigenvalue weighted by molar-refractivity contribution is -0.380. The summed E-state index contributed by atoms with van der Waals surface area (Å²) in [5.41, 5.74) is 2.22. The lowest BCUT2D eigenvalue weighted by Gasteiger charge is -2.31. The van der Waals surface area contributed by atoms with Gasteiger partial charge in [-0.25, -0.2) is 0 Å². The van der Waals surface area contributed by atoms with Gasteiger partial charge in [0.05, 0.1) is 18.1 Å². The Morgan fingerprint density at radius 1 is 1.43 bits per heavy atom. The number of nitro groups is 1. The molecule has 1 fully saturated rings. The van der Waals surface area contributed by atoms with Crippen LogP contribution in [-0.4, -0.2) is 44.4 Å². The number of thiophene rings is 1. The van der Waals surface area contributed by atoms with E-state index in [4.69, 9.17) is 5.11 Å². The van der Waals surface area contributed by atoms with Crippen LogP contribution in [0.5, 0.6) is 0 Å². The van der Waals surface area contributed by atoms with E-state index in [9.17, 15) is 10.1 Å². The topological polar surface area (TPSA) is 84.4 Å². The molecule has 2 aromatic heterocycles. The lowest BCUT2D eigenvalue weighted by atomic mass is 9.93. The van der Waals surface area contributed by atoms with Crippen LogP contribution in [0.3, 0.4) is 0 Å². The Hall–Kier alpha value is -1.77. The molecule has 1 saturated heterocycles. The molecule has 0 spiro atoms. The molecule has 7 nitrogen and oxygen atoms in total. The molecule has 0 unspecified atom stereocenters. The van der Waals surface area contributed by atoms with Crippen molar-refractivity contribution in [3.8, 4) is 0 Å². The van der Waals surface area contributed by atoms with Crippen LogP contribution in [-0.2, 0) is 13.1 Å². The molecule has 0 amide bonds. The zero-order valence-corrected chi connectivity index (χ0v) is 13.6. The Morgan fingerprint density at radius 2 is 2.22 bits per heavy atom. The van der Waals surface area contributed by atoms with Crippen molar-refractivity contribution in [1.82, 2.24) is 14.7 Å². The summed E-state index contributed by atoms with van der Waals surface area (Å²) in [4.78, 5) is 12.8. The van der Waals surface area contributed by atoms with E-state index in [0.29, 0.717) is 12.5 Å². The van der Waals surface area contributed by atoms with E-state index in [1.165, 1.54) is 17.0 Å². The van der Waals surface area contributed by atoms with Crippen LogP contribution in [0.15, 0.2) is 23.7 Å². The van der Waals surface area contributed by atoms with E-state index in [2.05, 4.69) is 10.00 Å². The Kier molecular flexibility index (Phi) is 5.04. The molecule has 8 heteroatoms. The highest BCUT2D eigenvalue weighted by atomic mass is 32.1. The molecule has 0 aliphatic carbocycles. The van der Waals surface area contributed by atoms with Crippen LogP contribution in [0.25, 0.3) is 0 Å². The van der Waals surface area contributed by atoms with Crippen LogP contribution in [0.2, 0.25) is 0 Å². The van der Waals surface area contributed by atoms with Crippen molar-refractivity contribution in [3.05, 3.63) is 45.1 Å². The minimum absolute atomic E-state index is 0.102. The third-order valence-electron chi connectivity index (χ3n) is 4.29. The van der Waals surface area contributed by atoms with Crippen molar-refractivity contribution in [2.75, 3.05) is 19.7 Å². The number of hydrogen-bond donors (Lipinski definition) is 1. The fraction of sp³-hybridized carbons (Fsp3) is 0.533. The van der Waals surface area contributed by atoms with E-state index < -0.39 is 0 Å². The quantitative estimate of drug-likeness (QED) is 0.646. The van der Waals surface area contributed by atoms with Crippen LogP contribution >= 0.6 is 11.3 Å². The number of piperidine rings is 1. The molecule has 1 aliphatic heterocycles. The molecule has 0 radical (unpaired) electrons. The number of aliphatic hydroxyl groups excluding tert-OH is 1. The predicted molar refractivity (Wildman–Crippen MR) is 87.5 cm³/mol. The monoisotopic (exact) mass is 336 g/mol. The smallest absolute Gasteiger partial charge is 0.324 e. The molecule has 3 heterocycles. The van der Waals surface area contributed by atoms with Crippen molar-refractivity contribution in [3.63, 3.8) is 0 Å². The van der Waals surface area contributed by atoms with Crippen LogP contribution in [0.1, 0.15) is 30.0 Å². The highest BCUT2D eigenvalue weighted by molar-refractivity contribution is 7.13. The first-order valence-corrected chi connectivity index (χ1v) is 8.62. The molecule has 1 N–H and O–H groups in total. The van der Waals surface area contributed by atoms with Gasteiger partial charge in [0, 0.05) is 35.8 Å². The van der Waals surface area contributed by atoms with Crippen molar-refractivity contribution in [1.29, 1.82) is 0 Å². The second-order valence-electron chi connectivity index (χ2n) is 5.80. The molecule has 23 heavy (non-hydrogen) atoms. The Morgan fingerprint density at radius 3 is 2.87 bits per heavy atom. The van der Waals surface area contributed by atoms with Crippen molar-refractivity contribution in [2.45, 2.75) is 31.8 Å². The molecular weight excluding hydrogens is 316 g/mol. The summed E-state index contributed by atoms with van der Waals surface area (Å²) in [6.07, 6.45) is 3.88. The number of aromatic nitrogens is 2. The molecule has 124 valence electrons. The maximum Gasteiger partial charge on any atom is 0.324 e. The average Bonchev–Trinajstić information content (AvgIpc) is 3.18. The third kappa shape index (κ3) is 3.77. The van der Waals surface area contributed by atoms with Gasteiger partial charge in [0.25, 0.3) is 0 Å². The number of nitrogens with zero attached hydrogens (tertiary/aromatic N) is 4. The second kappa shape index (κ2) is 7.20. The van der Waals surface area contributed by atoms with Gasteiger partial charge in [-0.05, 0) is 37.6 Å². The van der Waals surface area contributed by atoms with Crippen LogP contribution in [0, 0.1) is 10.1 Å². The van der Waals surface area contributed by atoms with Gasteiger partial charge < -0.3 is 5.11 Å². The van der Waals surface area contributed by atoms with Gasteiger partial charge in [-0.15, -0.1) is 0 Å².